The summed E-state index contributed by atoms with van der Waals surface area (Å²) in [7, 11) is -4.86. The van der Waals surface area contributed by atoms with E-state index in [1.165, 1.54) is 0 Å². The predicted octanol–water partition coefficient (Wildman–Crippen LogP) is 2.06. The molecule has 0 N–H and O–H groups in total. The van der Waals surface area contributed by atoms with Crippen LogP contribution in [0.25, 0.3) is 0 Å². The number of benzene rings is 1. The largest absolute Gasteiger partial charge is 0.810 e. The average Bonchev–Trinajstić information content (AvgIpc) is 2.56. The number of esters is 1. The zero-order chi connectivity index (χ0) is 19.6. The molecule has 0 fully saturated rings. The Hall–Kier alpha value is -1.69. The molecule has 1 rings (SSSR count). The highest BCUT2D eigenvalue weighted by Crippen LogP contribution is 2.35. The summed E-state index contributed by atoms with van der Waals surface area (Å²) < 4.78 is 21.5. The Morgan fingerprint density at radius 1 is 1.08 bits per heavy atom. The molecule has 0 aromatic heterocycles. The molecule has 0 bridgehead atoms. The number of hydrogen-bond donors (Lipinski definition) is 0. The monoisotopic (exact) mass is 384 g/mol. The lowest BCUT2D eigenvalue weighted by molar-refractivity contribution is -0.315. The minimum Gasteiger partial charge on any atom is -0.810 e. The van der Waals surface area contributed by atoms with Crippen LogP contribution in [-0.4, -0.2) is 30.6 Å². The van der Waals surface area contributed by atoms with Gasteiger partial charge in [0.2, 0.25) is 0 Å². The summed E-state index contributed by atoms with van der Waals surface area (Å²) in [6.07, 6.45) is 2.86. The van der Waals surface area contributed by atoms with Crippen LogP contribution in [-0.2, 0) is 14.1 Å². The summed E-state index contributed by atoms with van der Waals surface area (Å²) >= 11 is 0. The van der Waals surface area contributed by atoms with Crippen LogP contribution in [0.4, 0.5) is 0 Å². The maximum Gasteiger partial charge on any atom is 0.338 e. The molecule has 0 aliphatic carbocycles. The maximum atomic E-state index is 11.5. The molecule has 0 radical (unpaired) electrons. The number of ether oxygens (including phenoxy) is 2. The van der Waals surface area contributed by atoms with E-state index in [0.29, 0.717) is 30.9 Å². The normalized spacial score (nSPS) is 12.5. The van der Waals surface area contributed by atoms with Crippen molar-refractivity contribution in [3.8, 4) is 5.75 Å². The first-order valence-electron chi connectivity index (χ1n) is 8.68. The summed E-state index contributed by atoms with van der Waals surface area (Å²) in [5.74, 6) is -0.315. The van der Waals surface area contributed by atoms with Crippen LogP contribution in [0.2, 0.25) is 0 Å². The number of carbonyl (C=O) groups is 2. The minimum atomic E-state index is -4.86. The van der Waals surface area contributed by atoms with Gasteiger partial charge in [0.25, 0.3) is 0 Å². The van der Waals surface area contributed by atoms with Gasteiger partial charge in [0.1, 0.15) is 11.5 Å². The van der Waals surface area contributed by atoms with E-state index in [1.807, 2.05) is 0 Å². The fourth-order valence-corrected chi connectivity index (χ4v) is 3.41. The molecule has 1 aromatic rings. The molecule has 1 atom stereocenters. The van der Waals surface area contributed by atoms with Crippen molar-refractivity contribution in [1.82, 2.24) is 0 Å². The molecular weight excluding hydrogens is 359 g/mol. The van der Waals surface area contributed by atoms with Gasteiger partial charge in [-0.2, -0.15) is 0 Å². The molecule has 26 heavy (non-hydrogen) atoms. The molecule has 0 spiro atoms. The van der Waals surface area contributed by atoms with Crippen molar-refractivity contribution < 1.29 is 33.4 Å². The highest BCUT2D eigenvalue weighted by atomic mass is 31.2. The van der Waals surface area contributed by atoms with Crippen molar-refractivity contribution in [3.63, 3.8) is 0 Å². The SMILES string of the molecule is CCOC(=O)c1ccc(OCCCCCCC(C(C)=O)P(=O)([O-])[O-])cc1. The van der Waals surface area contributed by atoms with E-state index in [-0.39, 0.29) is 12.4 Å². The third-order valence-corrected chi connectivity index (χ3v) is 5.24. The number of rotatable bonds is 12. The molecule has 0 amide bonds. The smallest absolute Gasteiger partial charge is 0.338 e. The zero-order valence-corrected chi connectivity index (χ0v) is 16.0. The molecule has 1 unspecified atom stereocenters. The van der Waals surface area contributed by atoms with E-state index in [2.05, 4.69) is 0 Å². The summed E-state index contributed by atoms with van der Waals surface area (Å²) in [4.78, 5) is 44.7. The summed E-state index contributed by atoms with van der Waals surface area (Å²) in [6, 6.07) is 6.67. The van der Waals surface area contributed by atoms with Crippen molar-refractivity contribution in [1.29, 1.82) is 0 Å². The highest BCUT2D eigenvalue weighted by molar-refractivity contribution is 7.50. The second kappa shape index (κ2) is 11.1. The lowest BCUT2D eigenvalue weighted by Crippen LogP contribution is -2.31. The van der Waals surface area contributed by atoms with Crippen LogP contribution in [0.15, 0.2) is 24.3 Å². The fraction of sp³-hybridized carbons (Fsp3) is 0.556. The van der Waals surface area contributed by atoms with E-state index in [9.17, 15) is 23.9 Å². The fourth-order valence-electron chi connectivity index (χ4n) is 2.47. The van der Waals surface area contributed by atoms with Crippen molar-refractivity contribution in [2.45, 2.75) is 51.6 Å². The van der Waals surface area contributed by atoms with Gasteiger partial charge in [0.15, 0.2) is 0 Å². The van der Waals surface area contributed by atoms with Crippen LogP contribution >= 0.6 is 7.60 Å². The van der Waals surface area contributed by atoms with Crippen molar-refractivity contribution >= 4 is 19.3 Å². The van der Waals surface area contributed by atoms with Gasteiger partial charge in [-0.05, 0) is 51.0 Å². The Morgan fingerprint density at radius 3 is 2.23 bits per heavy atom. The number of ketones is 1. The summed E-state index contributed by atoms with van der Waals surface area (Å²) in [5.41, 5.74) is -0.940. The van der Waals surface area contributed by atoms with E-state index < -0.39 is 19.0 Å². The molecule has 7 nitrogen and oxygen atoms in total. The first-order chi connectivity index (χ1) is 12.3. The quantitative estimate of drug-likeness (QED) is 0.308. The highest BCUT2D eigenvalue weighted by Gasteiger charge is 2.17. The molecule has 0 saturated heterocycles. The molecule has 8 heteroatoms. The number of Topliss-reactive ketones (excluding diaryl/α,β-unsaturated/α-hetero) is 1. The molecular formula is C18H25O7P-2. The second-order valence-electron chi connectivity index (χ2n) is 5.96. The third-order valence-electron chi connectivity index (χ3n) is 3.86. The van der Waals surface area contributed by atoms with Gasteiger partial charge < -0.3 is 23.8 Å². The van der Waals surface area contributed by atoms with E-state index in [0.717, 1.165) is 26.2 Å². The van der Waals surface area contributed by atoms with Crippen molar-refractivity contribution in [3.05, 3.63) is 29.8 Å². The van der Waals surface area contributed by atoms with Gasteiger partial charge in [-0.1, -0.05) is 26.9 Å². The topological polar surface area (TPSA) is 116 Å². The molecule has 1 aromatic carbocycles. The second-order valence-corrected chi connectivity index (χ2v) is 7.67. The number of unbranched alkanes of at least 4 members (excludes halogenated alkanes) is 3. The Balaban J connectivity index is 2.22. The van der Waals surface area contributed by atoms with Crippen molar-refractivity contribution in [2.24, 2.45) is 0 Å². The van der Waals surface area contributed by atoms with Gasteiger partial charge in [-0.3, -0.25) is 4.79 Å². The van der Waals surface area contributed by atoms with Crippen LogP contribution in [0.5, 0.6) is 5.75 Å². The molecule has 0 saturated carbocycles. The number of hydrogen-bond acceptors (Lipinski definition) is 7. The van der Waals surface area contributed by atoms with Gasteiger partial charge in [-0.25, -0.2) is 4.79 Å². The summed E-state index contributed by atoms with van der Waals surface area (Å²) in [6.45, 7) is 3.69. The summed E-state index contributed by atoms with van der Waals surface area (Å²) in [5, 5.41) is 0. The van der Waals surface area contributed by atoms with Gasteiger partial charge >= 0.3 is 5.97 Å². The molecule has 0 aliphatic rings. The van der Waals surface area contributed by atoms with Crippen LogP contribution < -0.4 is 14.5 Å². The molecule has 146 valence electrons. The Labute approximate surface area is 153 Å². The van der Waals surface area contributed by atoms with Crippen LogP contribution in [0.1, 0.15) is 56.3 Å². The number of carbonyl (C=O) groups excluding carboxylic acids is 2. The lowest BCUT2D eigenvalue weighted by Gasteiger charge is -2.36. The van der Waals surface area contributed by atoms with Crippen LogP contribution in [0, 0.1) is 0 Å². The molecule has 0 heterocycles. The Kier molecular flexibility index (Phi) is 9.55. The zero-order valence-electron chi connectivity index (χ0n) is 15.1. The third kappa shape index (κ3) is 8.13. The van der Waals surface area contributed by atoms with Gasteiger partial charge in [-0.15, -0.1) is 0 Å². The first-order valence-corrected chi connectivity index (χ1v) is 10.3. The van der Waals surface area contributed by atoms with Gasteiger partial charge in [0, 0.05) is 5.66 Å². The lowest BCUT2D eigenvalue weighted by atomic mass is 10.1. The standard InChI is InChI=1S/C18H27O7P/c1-3-24-18(20)15-9-11-16(12-10-15)25-13-7-5-4-6-8-17(14(2)19)26(21,22)23/h9-12,17H,3-8,13H2,1-2H3,(H2,21,22,23)/p-2. The average molecular weight is 384 g/mol. The first kappa shape index (κ1) is 22.4. The van der Waals surface area contributed by atoms with E-state index in [4.69, 9.17) is 9.47 Å². The Morgan fingerprint density at radius 2 is 1.69 bits per heavy atom. The van der Waals surface area contributed by atoms with Gasteiger partial charge in [0.05, 0.1) is 18.8 Å². The van der Waals surface area contributed by atoms with E-state index in [1.54, 1.807) is 31.2 Å². The van der Waals surface area contributed by atoms with Crippen LogP contribution in [0.3, 0.4) is 0 Å². The predicted molar refractivity (Wildman–Crippen MR) is 93.1 cm³/mol. The maximum absolute atomic E-state index is 11.5. The van der Waals surface area contributed by atoms with E-state index >= 15 is 0 Å². The van der Waals surface area contributed by atoms with Crippen molar-refractivity contribution in [2.75, 3.05) is 13.2 Å². The Bertz CT molecular complexity index is 621. The molecule has 0 aliphatic heterocycles. The minimum absolute atomic E-state index is 0.0792.